The number of likely N-dealkylation sites (tertiary alicyclic amines) is 1. The first kappa shape index (κ1) is 14.6. The number of nitrogens with zero attached hydrogens (tertiary/aromatic N) is 1. The second kappa shape index (κ2) is 6.60. The Balaban J connectivity index is 1.58. The predicted octanol–water partition coefficient (Wildman–Crippen LogP) is 1.24. The van der Waals surface area contributed by atoms with Crippen molar-refractivity contribution in [3.63, 3.8) is 0 Å². The van der Waals surface area contributed by atoms with Crippen molar-refractivity contribution in [1.82, 2.24) is 10.2 Å². The molecule has 3 aliphatic rings. The highest BCUT2D eigenvalue weighted by Crippen LogP contribution is 2.25. The Morgan fingerprint density at radius 3 is 3.14 bits per heavy atom. The minimum Gasteiger partial charge on any atom is -0.374 e. The first-order valence-corrected chi connectivity index (χ1v) is 8.09. The Kier molecular flexibility index (Phi) is 4.58. The van der Waals surface area contributed by atoms with Crippen molar-refractivity contribution >= 4 is 11.8 Å². The lowest BCUT2D eigenvalue weighted by Gasteiger charge is -2.36. The molecular formula is C16H24N2O3. The summed E-state index contributed by atoms with van der Waals surface area (Å²) in [5, 5.41) is 2.88. The molecule has 0 bridgehead atoms. The fourth-order valence-corrected chi connectivity index (χ4v) is 3.50. The van der Waals surface area contributed by atoms with Crippen LogP contribution in [0.4, 0.5) is 0 Å². The fraction of sp³-hybridized carbons (Fsp3) is 0.750. The summed E-state index contributed by atoms with van der Waals surface area (Å²) in [6, 6.07) is 0. The summed E-state index contributed by atoms with van der Waals surface area (Å²) in [7, 11) is 0. The van der Waals surface area contributed by atoms with Crippen molar-refractivity contribution in [2.45, 2.75) is 44.6 Å². The highest BCUT2D eigenvalue weighted by Gasteiger charge is 2.37. The van der Waals surface area contributed by atoms with Crippen molar-refractivity contribution < 1.29 is 14.3 Å². The van der Waals surface area contributed by atoms with E-state index in [4.69, 9.17) is 4.74 Å². The molecule has 2 heterocycles. The average Bonchev–Trinajstić information content (AvgIpc) is 2.70. The lowest BCUT2D eigenvalue weighted by molar-refractivity contribution is -0.141. The Bertz CT molecular complexity index is 447. The second-order valence-corrected chi connectivity index (χ2v) is 6.22. The van der Waals surface area contributed by atoms with Crippen LogP contribution in [0.3, 0.4) is 0 Å². The molecule has 5 heteroatoms. The number of ether oxygens (including phenoxy) is 1. The van der Waals surface area contributed by atoms with Crippen LogP contribution in [0.2, 0.25) is 0 Å². The Morgan fingerprint density at radius 2 is 2.33 bits per heavy atom. The number of allylic oxidation sites excluding steroid dienone is 1. The third kappa shape index (κ3) is 3.46. The van der Waals surface area contributed by atoms with E-state index in [2.05, 4.69) is 11.4 Å². The summed E-state index contributed by atoms with van der Waals surface area (Å²) in [5.74, 6) is 0.180. The van der Waals surface area contributed by atoms with Crippen LogP contribution in [0.5, 0.6) is 0 Å². The molecule has 0 radical (unpaired) electrons. The largest absolute Gasteiger partial charge is 0.374 e. The normalized spacial score (nSPS) is 30.0. The van der Waals surface area contributed by atoms with Crippen LogP contribution in [0.1, 0.15) is 38.5 Å². The monoisotopic (exact) mass is 292 g/mol. The fourth-order valence-electron chi connectivity index (χ4n) is 3.50. The second-order valence-electron chi connectivity index (χ2n) is 6.22. The molecule has 2 aliphatic heterocycles. The van der Waals surface area contributed by atoms with Crippen LogP contribution < -0.4 is 5.32 Å². The number of hydrogen-bond acceptors (Lipinski definition) is 3. The van der Waals surface area contributed by atoms with E-state index in [0.29, 0.717) is 39.1 Å². The first-order chi connectivity index (χ1) is 10.2. The van der Waals surface area contributed by atoms with Crippen LogP contribution in [0.15, 0.2) is 11.6 Å². The molecule has 0 unspecified atom stereocenters. The molecule has 0 aromatic carbocycles. The maximum absolute atomic E-state index is 12.4. The molecule has 2 saturated heterocycles. The Morgan fingerprint density at radius 1 is 1.43 bits per heavy atom. The van der Waals surface area contributed by atoms with Crippen molar-refractivity contribution in [3.8, 4) is 0 Å². The zero-order valence-electron chi connectivity index (χ0n) is 12.5. The lowest BCUT2D eigenvalue weighted by atomic mass is 9.92. The summed E-state index contributed by atoms with van der Waals surface area (Å²) in [4.78, 5) is 26.3. The van der Waals surface area contributed by atoms with Gasteiger partial charge in [0.25, 0.3) is 0 Å². The van der Waals surface area contributed by atoms with Gasteiger partial charge in [0.2, 0.25) is 11.8 Å². The summed E-state index contributed by atoms with van der Waals surface area (Å²) in [5.41, 5.74) is 1.29. The summed E-state index contributed by atoms with van der Waals surface area (Å²) >= 11 is 0. The van der Waals surface area contributed by atoms with Gasteiger partial charge in [-0.15, -0.1) is 0 Å². The van der Waals surface area contributed by atoms with Crippen LogP contribution in [0, 0.1) is 5.92 Å². The van der Waals surface area contributed by atoms with Gasteiger partial charge >= 0.3 is 0 Å². The molecule has 21 heavy (non-hydrogen) atoms. The predicted molar refractivity (Wildman–Crippen MR) is 78.6 cm³/mol. The van der Waals surface area contributed by atoms with E-state index >= 15 is 0 Å². The minimum absolute atomic E-state index is 0.0830. The SMILES string of the molecule is O=C1NCCO[C@H]2CN(C(=O)CC3=CCCCC3)CC[C@@H]12. The molecule has 2 fully saturated rings. The van der Waals surface area contributed by atoms with Gasteiger partial charge in [-0.25, -0.2) is 0 Å². The van der Waals surface area contributed by atoms with E-state index in [1.807, 2.05) is 4.90 Å². The van der Waals surface area contributed by atoms with Gasteiger partial charge in [-0.1, -0.05) is 11.6 Å². The minimum atomic E-state index is -0.134. The number of carbonyl (C=O) groups is 2. The van der Waals surface area contributed by atoms with Crippen molar-refractivity contribution in [2.75, 3.05) is 26.2 Å². The average molecular weight is 292 g/mol. The maximum atomic E-state index is 12.4. The molecule has 1 aliphatic carbocycles. The highest BCUT2D eigenvalue weighted by atomic mass is 16.5. The number of rotatable bonds is 2. The molecule has 0 aromatic heterocycles. The van der Waals surface area contributed by atoms with Gasteiger partial charge in [0, 0.05) is 26.1 Å². The summed E-state index contributed by atoms with van der Waals surface area (Å²) in [6.07, 6.45) is 7.96. The molecule has 0 spiro atoms. The Hall–Kier alpha value is -1.36. The third-order valence-corrected chi connectivity index (χ3v) is 4.75. The standard InChI is InChI=1S/C16H24N2O3/c19-15(10-12-4-2-1-3-5-12)18-8-6-13-14(11-18)21-9-7-17-16(13)20/h4,13-14H,1-3,5-11H2,(H,17,20)/t13-,14+/m1/s1. The van der Waals surface area contributed by atoms with E-state index < -0.39 is 0 Å². The van der Waals surface area contributed by atoms with E-state index in [1.54, 1.807) is 0 Å². The molecule has 2 amide bonds. The summed E-state index contributed by atoms with van der Waals surface area (Å²) < 4.78 is 5.76. The van der Waals surface area contributed by atoms with Gasteiger partial charge in [0.05, 0.1) is 18.6 Å². The number of nitrogens with one attached hydrogen (secondary N) is 1. The van der Waals surface area contributed by atoms with Gasteiger partial charge in [-0.05, 0) is 32.1 Å². The number of carbonyl (C=O) groups excluding carboxylic acids is 2. The highest BCUT2D eigenvalue weighted by molar-refractivity contribution is 5.81. The molecule has 0 aromatic rings. The third-order valence-electron chi connectivity index (χ3n) is 4.75. The van der Waals surface area contributed by atoms with Crippen molar-refractivity contribution in [3.05, 3.63) is 11.6 Å². The van der Waals surface area contributed by atoms with Gasteiger partial charge in [-0.2, -0.15) is 0 Å². The smallest absolute Gasteiger partial charge is 0.226 e. The lowest BCUT2D eigenvalue weighted by Crippen LogP contribution is -2.50. The molecule has 5 nitrogen and oxygen atoms in total. The molecular weight excluding hydrogens is 268 g/mol. The van der Waals surface area contributed by atoms with Gasteiger partial charge in [0.15, 0.2) is 0 Å². The van der Waals surface area contributed by atoms with Crippen LogP contribution in [0.25, 0.3) is 0 Å². The molecule has 1 N–H and O–H groups in total. The summed E-state index contributed by atoms with van der Waals surface area (Å²) in [6.45, 7) is 2.35. The van der Waals surface area contributed by atoms with Gasteiger partial charge in [-0.3, -0.25) is 9.59 Å². The van der Waals surface area contributed by atoms with Crippen molar-refractivity contribution in [2.24, 2.45) is 5.92 Å². The number of amides is 2. The number of fused-ring (bicyclic) bond motifs is 1. The van der Waals surface area contributed by atoms with E-state index in [1.165, 1.54) is 18.4 Å². The first-order valence-electron chi connectivity index (χ1n) is 8.09. The zero-order valence-corrected chi connectivity index (χ0v) is 12.5. The van der Waals surface area contributed by atoms with E-state index in [-0.39, 0.29) is 23.8 Å². The zero-order chi connectivity index (χ0) is 14.7. The molecule has 2 atom stereocenters. The van der Waals surface area contributed by atoms with Crippen LogP contribution in [-0.2, 0) is 14.3 Å². The Labute approximate surface area is 125 Å². The van der Waals surface area contributed by atoms with Gasteiger partial charge < -0.3 is 15.0 Å². The van der Waals surface area contributed by atoms with Crippen LogP contribution in [-0.4, -0.2) is 49.1 Å². The van der Waals surface area contributed by atoms with Crippen LogP contribution >= 0.6 is 0 Å². The maximum Gasteiger partial charge on any atom is 0.226 e. The molecule has 116 valence electrons. The van der Waals surface area contributed by atoms with E-state index in [9.17, 15) is 9.59 Å². The van der Waals surface area contributed by atoms with Crippen molar-refractivity contribution in [1.29, 1.82) is 0 Å². The molecule has 3 rings (SSSR count). The van der Waals surface area contributed by atoms with E-state index in [0.717, 1.165) is 12.8 Å². The molecule has 0 saturated carbocycles. The number of hydrogen-bond donors (Lipinski definition) is 1. The van der Waals surface area contributed by atoms with Gasteiger partial charge in [0.1, 0.15) is 0 Å². The number of piperidine rings is 1. The topological polar surface area (TPSA) is 58.6 Å². The quantitative estimate of drug-likeness (QED) is 0.779.